The van der Waals surface area contributed by atoms with E-state index in [-0.39, 0.29) is 0 Å². The van der Waals surface area contributed by atoms with E-state index in [9.17, 15) is 9.59 Å². The Kier molecular flexibility index (Phi) is 7.13. The fourth-order valence-electron chi connectivity index (χ4n) is 2.41. The normalized spacial score (nSPS) is 10.5. The maximum Gasteiger partial charge on any atom is 0.329 e. The van der Waals surface area contributed by atoms with Gasteiger partial charge in [-0.2, -0.15) is 5.10 Å². The van der Waals surface area contributed by atoms with Crippen LogP contribution in [0.3, 0.4) is 0 Å². The summed E-state index contributed by atoms with van der Waals surface area (Å²) in [7, 11) is 0. The third-order valence-electron chi connectivity index (χ3n) is 3.82. The molecule has 0 aliphatic heterocycles. The van der Waals surface area contributed by atoms with Crippen LogP contribution >= 0.6 is 15.9 Å². The molecular formula is C22H18BrN3O3. The molecule has 0 fully saturated rings. The summed E-state index contributed by atoms with van der Waals surface area (Å²) in [5.74, 6) is -1.07. The van der Waals surface area contributed by atoms with E-state index < -0.39 is 11.8 Å². The SMILES string of the molecule is O=C(N/N=C\c1cc(Br)ccc1OCc1ccccc1)C(=O)Nc1ccccc1. The molecule has 29 heavy (non-hydrogen) atoms. The van der Waals surface area contributed by atoms with E-state index in [1.54, 1.807) is 36.4 Å². The van der Waals surface area contributed by atoms with Gasteiger partial charge in [0.1, 0.15) is 12.4 Å². The van der Waals surface area contributed by atoms with Crippen LogP contribution < -0.4 is 15.5 Å². The molecule has 0 spiro atoms. The fraction of sp³-hybridized carbons (Fsp3) is 0.0455. The molecule has 0 heterocycles. The first-order chi connectivity index (χ1) is 14.1. The molecule has 7 heteroatoms. The molecular weight excluding hydrogens is 434 g/mol. The summed E-state index contributed by atoms with van der Waals surface area (Å²) in [4.78, 5) is 23.8. The molecule has 3 aromatic rings. The number of amides is 2. The first kappa shape index (κ1) is 20.3. The predicted molar refractivity (Wildman–Crippen MR) is 116 cm³/mol. The van der Waals surface area contributed by atoms with Crippen molar-refractivity contribution >= 4 is 39.6 Å². The number of anilines is 1. The van der Waals surface area contributed by atoms with Gasteiger partial charge in [-0.05, 0) is 35.9 Å². The van der Waals surface area contributed by atoms with E-state index in [2.05, 4.69) is 31.8 Å². The van der Waals surface area contributed by atoms with Crippen molar-refractivity contribution in [1.82, 2.24) is 5.43 Å². The number of carbonyl (C=O) groups excluding carboxylic acids is 2. The van der Waals surface area contributed by atoms with Gasteiger partial charge in [-0.15, -0.1) is 0 Å². The lowest BCUT2D eigenvalue weighted by Crippen LogP contribution is -2.32. The standard InChI is InChI=1S/C22H18BrN3O3/c23-18-11-12-20(29-15-16-7-3-1-4-8-16)17(13-18)14-24-26-22(28)21(27)25-19-9-5-2-6-10-19/h1-14H,15H2,(H,25,27)(H,26,28)/b24-14-. The molecule has 0 saturated heterocycles. The Morgan fingerprint density at radius 3 is 2.34 bits per heavy atom. The second-order valence-corrected chi connectivity index (χ2v) is 6.89. The maximum atomic E-state index is 11.9. The molecule has 0 unspecified atom stereocenters. The van der Waals surface area contributed by atoms with Gasteiger partial charge in [0.15, 0.2) is 0 Å². The number of nitrogens with one attached hydrogen (secondary N) is 2. The van der Waals surface area contributed by atoms with E-state index in [4.69, 9.17) is 4.74 Å². The Hall–Kier alpha value is -3.45. The minimum atomic E-state index is -0.869. The number of hydrogen-bond acceptors (Lipinski definition) is 4. The average molecular weight is 452 g/mol. The van der Waals surface area contributed by atoms with Crippen LogP contribution in [0, 0.1) is 0 Å². The Balaban J connectivity index is 1.61. The molecule has 0 aromatic heterocycles. The first-order valence-electron chi connectivity index (χ1n) is 8.77. The van der Waals surface area contributed by atoms with E-state index in [1.165, 1.54) is 6.21 Å². The number of hydrogen-bond donors (Lipinski definition) is 2. The summed E-state index contributed by atoms with van der Waals surface area (Å²) in [6, 6.07) is 23.9. The van der Waals surface area contributed by atoms with Crippen molar-refractivity contribution in [2.45, 2.75) is 6.61 Å². The molecule has 0 atom stereocenters. The highest BCUT2D eigenvalue weighted by Gasteiger charge is 2.12. The molecule has 2 N–H and O–H groups in total. The topological polar surface area (TPSA) is 79.8 Å². The van der Waals surface area contributed by atoms with Gasteiger partial charge in [0.2, 0.25) is 0 Å². The summed E-state index contributed by atoms with van der Waals surface area (Å²) in [6.07, 6.45) is 1.43. The van der Waals surface area contributed by atoms with Crippen LogP contribution in [-0.4, -0.2) is 18.0 Å². The highest BCUT2D eigenvalue weighted by molar-refractivity contribution is 9.10. The van der Waals surface area contributed by atoms with Crippen LogP contribution in [0.1, 0.15) is 11.1 Å². The van der Waals surface area contributed by atoms with Crippen molar-refractivity contribution in [3.63, 3.8) is 0 Å². The number of halogens is 1. The van der Waals surface area contributed by atoms with Gasteiger partial charge in [0, 0.05) is 15.7 Å². The number of rotatable bonds is 6. The van der Waals surface area contributed by atoms with Crippen LogP contribution in [0.2, 0.25) is 0 Å². The van der Waals surface area contributed by atoms with Crippen molar-refractivity contribution in [3.8, 4) is 5.75 Å². The summed E-state index contributed by atoms with van der Waals surface area (Å²) in [5.41, 5.74) is 4.43. The molecule has 3 rings (SSSR count). The van der Waals surface area contributed by atoms with Crippen molar-refractivity contribution in [2.75, 3.05) is 5.32 Å². The summed E-state index contributed by atoms with van der Waals surface area (Å²) in [5, 5.41) is 6.37. The molecule has 0 saturated carbocycles. The second-order valence-electron chi connectivity index (χ2n) is 5.98. The quantitative estimate of drug-likeness (QED) is 0.336. The second kappa shape index (κ2) is 10.2. The molecule has 3 aromatic carbocycles. The van der Waals surface area contributed by atoms with Crippen LogP contribution in [0.5, 0.6) is 5.75 Å². The number of carbonyl (C=O) groups is 2. The third kappa shape index (κ3) is 6.29. The Bertz CT molecular complexity index is 1010. The smallest absolute Gasteiger partial charge is 0.329 e. The number of para-hydroxylation sites is 1. The van der Waals surface area contributed by atoms with Gasteiger partial charge >= 0.3 is 11.8 Å². The summed E-state index contributed by atoms with van der Waals surface area (Å²) < 4.78 is 6.69. The van der Waals surface area contributed by atoms with Crippen LogP contribution in [0.25, 0.3) is 0 Å². The number of hydrazone groups is 1. The first-order valence-corrected chi connectivity index (χ1v) is 9.57. The number of ether oxygens (including phenoxy) is 1. The minimum absolute atomic E-state index is 0.398. The zero-order valence-corrected chi connectivity index (χ0v) is 16.9. The number of benzene rings is 3. The lowest BCUT2D eigenvalue weighted by atomic mass is 10.2. The van der Waals surface area contributed by atoms with Crippen molar-refractivity contribution < 1.29 is 14.3 Å². The monoisotopic (exact) mass is 451 g/mol. The molecule has 0 radical (unpaired) electrons. The van der Waals surface area contributed by atoms with Crippen LogP contribution in [0.4, 0.5) is 5.69 Å². The van der Waals surface area contributed by atoms with E-state index in [0.29, 0.717) is 23.6 Å². The molecule has 2 amide bonds. The Morgan fingerprint density at radius 2 is 1.62 bits per heavy atom. The van der Waals surface area contributed by atoms with E-state index in [1.807, 2.05) is 42.5 Å². The molecule has 6 nitrogen and oxygen atoms in total. The molecule has 0 bridgehead atoms. The minimum Gasteiger partial charge on any atom is -0.488 e. The predicted octanol–water partition coefficient (Wildman–Crippen LogP) is 4.12. The Labute approximate surface area is 176 Å². The van der Waals surface area contributed by atoms with Crippen molar-refractivity contribution in [1.29, 1.82) is 0 Å². The highest BCUT2D eigenvalue weighted by atomic mass is 79.9. The van der Waals surface area contributed by atoms with Gasteiger partial charge in [0.05, 0.1) is 6.21 Å². The Morgan fingerprint density at radius 1 is 0.931 bits per heavy atom. The van der Waals surface area contributed by atoms with Crippen LogP contribution in [-0.2, 0) is 16.2 Å². The zero-order valence-electron chi connectivity index (χ0n) is 15.3. The van der Waals surface area contributed by atoms with E-state index >= 15 is 0 Å². The van der Waals surface area contributed by atoms with Crippen molar-refractivity contribution in [2.24, 2.45) is 5.10 Å². The van der Waals surface area contributed by atoms with Crippen LogP contribution in [0.15, 0.2) is 88.4 Å². The van der Waals surface area contributed by atoms with Gasteiger partial charge in [-0.3, -0.25) is 9.59 Å². The lowest BCUT2D eigenvalue weighted by Gasteiger charge is -2.09. The van der Waals surface area contributed by atoms with Gasteiger partial charge < -0.3 is 10.1 Å². The average Bonchev–Trinajstić information content (AvgIpc) is 2.74. The zero-order chi connectivity index (χ0) is 20.5. The molecule has 146 valence electrons. The lowest BCUT2D eigenvalue weighted by molar-refractivity contribution is -0.136. The number of nitrogens with zero attached hydrogens (tertiary/aromatic N) is 1. The largest absolute Gasteiger partial charge is 0.488 e. The van der Waals surface area contributed by atoms with Gasteiger partial charge in [-0.25, -0.2) is 5.43 Å². The third-order valence-corrected chi connectivity index (χ3v) is 4.31. The molecule has 0 aliphatic rings. The van der Waals surface area contributed by atoms with Crippen molar-refractivity contribution in [3.05, 3.63) is 94.5 Å². The van der Waals surface area contributed by atoms with E-state index in [0.717, 1.165) is 10.0 Å². The fourth-order valence-corrected chi connectivity index (χ4v) is 2.79. The maximum absolute atomic E-state index is 11.9. The highest BCUT2D eigenvalue weighted by Crippen LogP contribution is 2.22. The molecule has 0 aliphatic carbocycles. The summed E-state index contributed by atoms with van der Waals surface area (Å²) in [6.45, 7) is 0.398. The summed E-state index contributed by atoms with van der Waals surface area (Å²) >= 11 is 3.40. The van der Waals surface area contributed by atoms with Gasteiger partial charge in [-0.1, -0.05) is 64.5 Å². The van der Waals surface area contributed by atoms with Gasteiger partial charge in [0.25, 0.3) is 0 Å².